The number of rotatable bonds is 5. The Kier molecular flexibility index (Phi) is 5.49. The Hall–Kier alpha value is -3.85. The highest BCUT2D eigenvalue weighted by Crippen LogP contribution is 2.23. The summed E-state index contributed by atoms with van der Waals surface area (Å²) in [4.78, 5) is 22.2. The lowest BCUT2D eigenvalue weighted by atomic mass is 9.92. The summed E-state index contributed by atoms with van der Waals surface area (Å²) in [6, 6.07) is 10.1. The molecule has 0 aliphatic carbocycles. The Morgan fingerprint density at radius 3 is 2.76 bits per heavy atom. The molecule has 0 amide bonds. The van der Waals surface area contributed by atoms with Gasteiger partial charge in [0.25, 0.3) is 5.56 Å². The number of hydrogen-bond donors (Lipinski definition) is 2. The average molecular weight is 457 g/mol. The molecule has 0 saturated heterocycles. The molecular formula is C25H28N8O. The van der Waals surface area contributed by atoms with E-state index >= 15 is 0 Å². The van der Waals surface area contributed by atoms with Gasteiger partial charge < -0.3 is 10.6 Å². The van der Waals surface area contributed by atoms with E-state index in [2.05, 4.69) is 65.3 Å². The number of allylic oxidation sites excluding steroid dienone is 1. The lowest BCUT2D eigenvalue weighted by molar-refractivity contribution is 0.549. The van der Waals surface area contributed by atoms with Crippen molar-refractivity contribution in [3.63, 3.8) is 0 Å². The predicted molar refractivity (Wildman–Crippen MR) is 133 cm³/mol. The Morgan fingerprint density at radius 1 is 1.18 bits per heavy atom. The lowest BCUT2D eigenvalue weighted by Crippen LogP contribution is -2.23. The molecule has 34 heavy (non-hydrogen) atoms. The van der Waals surface area contributed by atoms with Crippen molar-refractivity contribution in [3.05, 3.63) is 76.4 Å². The van der Waals surface area contributed by atoms with Crippen LogP contribution in [0.2, 0.25) is 0 Å². The SMILES string of the molecule is C=CCn1c(=O)c2cnc(Nc3ccc4c(c3)CCNC4)nc2n1-c1ccc(C(C)(C)C)nn1. The molecule has 1 aromatic carbocycles. The third-order valence-electron chi connectivity index (χ3n) is 5.96. The van der Waals surface area contributed by atoms with Gasteiger partial charge in [0.2, 0.25) is 5.95 Å². The van der Waals surface area contributed by atoms with Gasteiger partial charge in [-0.25, -0.2) is 14.3 Å². The van der Waals surface area contributed by atoms with Crippen LogP contribution < -0.4 is 16.2 Å². The molecule has 0 spiro atoms. The summed E-state index contributed by atoms with van der Waals surface area (Å²) < 4.78 is 3.23. The minimum absolute atomic E-state index is 0.130. The van der Waals surface area contributed by atoms with E-state index in [4.69, 9.17) is 4.98 Å². The normalized spacial score (nSPS) is 13.6. The van der Waals surface area contributed by atoms with Crippen molar-refractivity contribution in [1.29, 1.82) is 0 Å². The molecule has 4 aromatic rings. The molecule has 1 aliphatic heterocycles. The zero-order chi connectivity index (χ0) is 23.9. The van der Waals surface area contributed by atoms with Crippen LogP contribution in [0.25, 0.3) is 16.9 Å². The summed E-state index contributed by atoms with van der Waals surface area (Å²) in [5, 5.41) is 15.9. The summed E-state index contributed by atoms with van der Waals surface area (Å²) in [6.45, 7) is 12.2. The maximum atomic E-state index is 13.1. The summed E-state index contributed by atoms with van der Waals surface area (Å²) in [7, 11) is 0. The number of fused-ring (bicyclic) bond motifs is 2. The molecule has 0 unspecified atom stereocenters. The van der Waals surface area contributed by atoms with E-state index in [0.717, 1.165) is 30.9 Å². The van der Waals surface area contributed by atoms with Crippen molar-refractivity contribution in [2.45, 2.75) is 45.7 Å². The van der Waals surface area contributed by atoms with Gasteiger partial charge in [0.1, 0.15) is 5.39 Å². The van der Waals surface area contributed by atoms with Crippen molar-refractivity contribution in [2.75, 3.05) is 11.9 Å². The van der Waals surface area contributed by atoms with E-state index in [-0.39, 0.29) is 11.0 Å². The van der Waals surface area contributed by atoms with Crippen LogP contribution in [0.5, 0.6) is 0 Å². The van der Waals surface area contributed by atoms with E-state index in [1.165, 1.54) is 11.1 Å². The zero-order valence-corrected chi connectivity index (χ0v) is 19.7. The first-order valence-electron chi connectivity index (χ1n) is 11.4. The minimum Gasteiger partial charge on any atom is -0.324 e. The Morgan fingerprint density at radius 2 is 2.03 bits per heavy atom. The number of nitrogens with one attached hydrogen (secondary N) is 2. The Labute approximate surface area is 197 Å². The van der Waals surface area contributed by atoms with Gasteiger partial charge in [-0.15, -0.1) is 11.7 Å². The second kappa shape index (κ2) is 8.49. The van der Waals surface area contributed by atoms with Crippen molar-refractivity contribution < 1.29 is 0 Å². The summed E-state index contributed by atoms with van der Waals surface area (Å²) in [5.41, 5.74) is 4.52. The van der Waals surface area contributed by atoms with Crippen LogP contribution in [0.4, 0.5) is 11.6 Å². The highest BCUT2D eigenvalue weighted by Gasteiger charge is 2.20. The van der Waals surface area contributed by atoms with Gasteiger partial charge in [-0.2, -0.15) is 10.1 Å². The van der Waals surface area contributed by atoms with Gasteiger partial charge in [0, 0.05) is 23.8 Å². The summed E-state index contributed by atoms with van der Waals surface area (Å²) >= 11 is 0. The first kappa shape index (κ1) is 22.0. The quantitative estimate of drug-likeness (QED) is 0.445. The third kappa shape index (κ3) is 3.99. The summed E-state index contributed by atoms with van der Waals surface area (Å²) in [5.74, 6) is 0.915. The van der Waals surface area contributed by atoms with Crippen LogP contribution in [0.1, 0.15) is 37.6 Å². The maximum Gasteiger partial charge on any atom is 0.278 e. The first-order chi connectivity index (χ1) is 16.3. The van der Waals surface area contributed by atoms with Crippen molar-refractivity contribution in [2.24, 2.45) is 0 Å². The highest BCUT2D eigenvalue weighted by molar-refractivity contribution is 5.77. The average Bonchev–Trinajstić information content (AvgIpc) is 3.09. The van der Waals surface area contributed by atoms with Gasteiger partial charge in [-0.1, -0.05) is 32.9 Å². The fourth-order valence-electron chi connectivity index (χ4n) is 4.13. The first-order valence-corrected chi connectivity index (χ1v) is 11.4. The molecule has 2 N–H and O–H groups in total. The van der Waals surface area contributed by atoms with Crippen LogP contribution in [0, 0.1) is 0 Å². The second-order valence-corrected chi connectivity index (χ2v) is 9.48. The van der Waals surface area contributed by atoms with E-state index in [1.54, 1.807) is 21.6 Å². The largest absolute Gasteiger partial charge is 0.324 e. The van der Waals surface area contributed by atoms with Crippen LogP contribution in [0.15, 0.2) is 54.0 Å². The fraction of sp³-hybridized carbons (Fsp3) is 0.320. The molecule has 3 aromatic heterocycles. The smallest absolute Gasteiger partial charge is 0.278 e. The monoisotopic (exact) mass is 456 g/mol. The highest BCUT2D eigenvalue weighted by atomic mass is 16.1. The number of nitrogens with zero attached hydrogens (tertiary/aromatic N) is 6. The molecule has 5 rings (SSSR count). The van der Waals surface area contributed by atoms with E-state index in [1.807, 2.05) is 18.2 Å². The number of benzene rings is 1. The van der Waals surface area contributed by atoms with Crippen molar-refractivity contribution >= 4 is 22.7 Å². The molecule has 174 valence electrons. The molecule has 1 aliphatic rings. The molecule has 0 radical (unpaired) electrons. The lowest BCUT2D eigenvalue weighted by Gasteiger charge is -2.18. The van der Waals surface area contributed by atoms with Crippen LogP contribution in [0.3, 0.4) is 0 Å². The number of aromatic nitrogens is 6. The molecular weight excluding hydrogens is 428 g/mol. The fourth-order valence-corrected chi connectivity index (χ4v) is 4.13. The third-order valence-corrected chi connectivity index (χ3v) is 5.96. The van der Waals surface area contributed by atoms with Gasteiger partial charge in [-0.05, 0) is 48.4 Å². The van der Waals surface area contributed by atoms with Crippen molar-refractivity contribution in [3.8, 4) is 5.82 Å². The number of anilines is 2. The van der Waals surface area contributed by atoms with Crippen LogP contribution >= 0.6 is 0 Å². The Bertz CT molecular complexity index is 1430. The van der Waals surface area contributed by atoms with Crippen LogP contribution in [-0.2, 0) is 24.9 Å². The molecule has 0 atom stereocenters. The van der Waals surface area contributed by atoms with E-state index < -0.39 is 0 Å². The second-order valence-electron chi connectivity index (χ2n) is 9.48. The summed E-state index contributed by atoms with van der Waals surface area (Å²) in [6.07, 6.45) is 4.21. The molecule has 0 saturated carbocycles. The van der Waals surface area contributed by atoms with Gasteiger partial charge in [0.15, 0.2) is 11.5 Å². The predicted octanol–water partition coefficient (Wildman–Crippen LogP) is 3.25. The molecule has 0 bridgehead atoms. The van der Waals surface area contributed by atoms with E-state index in [9.17, 15) is 4.79 Å². The van der Waals surface area contributed by atoms with Crippen LogP contribution in [-0.4, -0.2) is 36.1 Å². The van der Waals surface area contributed by atoms with Crippen molar-refractivity contribution in [1.82, 2.24) is 34.8 Å². The standard InChI is InChI=1S/C25H28N8O/c1-5-12-32-23(34)19-15-27-24(28-18-7-6-17-14-26-11-10-16(17)13-18)29-22(19)33(32)21-9-8-20(30-31-21)25(2,3)4/h5-9,13,15,26H,1,10-12,14H2,2-4H3,(H,27,28,29). The van der Waals surface area contributed by atoms with Gasteiger partial charge >= 0.3 is 0 Å². The molecule has 4 heterocycles. The van der Waals surface area contributed by atoms with E-state index in [0.29, 0.717) is 29.3 Å². The Balaban J connectivity index is 1.58. The van der Waals surface area contributed by atoms with Gasteiger partial charge in [-0.3, -0.25) is 4.79 Å². The zero-order valence-electron chi connectivity index (χ0n) is 19.7. The number of hydrogen-bond acceptors (Lipinski definition) is 7. The molecule has 0 fully saturated rings. The molecule has 9 heteroatoms. The topological polar surface area (TPSA) is 103 Å². The maximum absolute atomic E-state index is 13.1. The minimum atomic E-state index is -0.204. The molecule has 9 nitrogen and oxygen atoms in total. The van der Waals surface area contributed by atoms with Gasteiger partial charge in [0.05, 0.1) is 12.2 Å².